The van der Waals surface area contributed by atoms with E-state index in [0.29, 0.717) is 34.0 Å². The van der Waals surface area contributed by atoms with Crippen molar-refractivity contribution in [1.29, 1.82) is 0 Å². The third-order valence-electron chi connectivity index (χ3n) is 10.8. The summed E-state index contributed by atoms with van der Waals surface area (Å²) in [6.07, 6.45) is -1.43. The summed E-state index contributed by atoms with van der Waals surface area (Å²) >= 11 is 0. The molecule has 0 atom stereocenters. The molecule has 1 heterocycles. The number of halogens is 3. The summed E-state index contributed by atoms with van der Waals surface area (Å²) in [7, 11) is 0. The van der Waals surface area contributed by atoms with Gasteiger partial charge in [0.05, 0.1) is 22.5 Å². The normalized spacial score (nSPS) is 14.2. The highest BCUT2D eigenvalue weighted by Gasteiger charge is 2.37. The lowest BCUT2D eigenvalue weighted by Crippen LogP contribution is -2.15. The summed E-state index contributed by atoms with van der Waals surface area (Å²) in [4.78, 5) is 29.2. The molecule has 3 nitrogen and oxygen atoms in total. The van der Waals surface area contributed by atoms with E-state index in [1.807, 2.05) is 72.8 Å². The maximum Gasteiger partial charge on any atom is 0.417 e. The minimum absolute atomic E-state index is 0.145. The summed E-state index contributed by atoms with van der Waals surface area (Å²) in [5.74, 6) is -0.552. The average Bonchev–Trinajstić information content (AvgIpc) is 3.28. The number of rotatable bonds is 2. The van der Waals surface area contributed by atoms with E-state index in [1.54, 1.807) is 66.7 Å². The van der Waals surface area contributed by atoms with Crippen molar-refractivity contribution in [3.05, 3.63) is 178 Å². The zero-order valence-electron chi connectivity index (χ0n) is 28.2. The minimum Gasteiger partial charge on any atom is -0.309 e. The Kier molecular flexibility index (Phi) is 6.77. The van der Waals surface area contributed by atoms with Crippen LogP contribution in [0.4, 0.5) is 30.2 Å². The van der Waals surface area contributed by atoms with Gasteiger partial charge in [0.25, 0.3) is 0 Å². The molecule has 0 unspecified atom stereocenters. The van der Waals surface area contributed by atoms with Crippen molar-refractivity contribution in [1.82, 2.24) is 0 Å². The number of hydrogen-bond acceptors (Lipinski definition) is 3. The van der Waals surface area contributed by atoms with Crippen LogP contribution in [0.25, 0.3) is 49.2 Å². The summed E-state index contributed by atoms with van der Waals surface area (Å²) in [6.45, 7) is 0. The first-order valence-electron chi connectivity index (χ1n) is 17.5. The third kappa shape index (κ3) is 4.75. The molecular weight excluding hydrogens is 668 g/mol. The molecule has 0 bridgehead atoms. The van der Waals surface area contributed by atoms with Crippen molar-refractivity contribution in [2.75, 3.05) is 4.90 Å². The second-order valence-corrected chi connectivity index (χ2v) is 13.8. The van der Waals surface area contributed by atoms with E-state index in [0.717, 1.165) is 56.0 Å². The number of Topliss-reactive ketones (excluding diaryl/α,β-unsaturated/α-hetero) is 2. The van der Waals surface area contributed by atoms with Crippen molar-refractivity contribution in [3.63, 3.8) is 0 Å². The van der Waals surface area contributed by atoms with Gasteiger partial charge in [-0.3, -0.25) is 9.59 Å². The van der Waals surface area contributed by atoms with E-state index in [1.165, 1.54) is 0 Å². The monoisotopic (exact) mass is 695 g/mol. The molecule has 0 saturated heterocycles. The number of nitrogens with zero attached hydrogens (tertiary/aromatic N) is 1. The standard InChI is InChI=1S/C47H28F3NO2/c48-47(49,50)43-34-12-4-6-14-36(34)44(37-15-7-5-13-35(37)43)51-41-16-8-3-9-28(41)18-21-33-32-20-17-27(23-31(32)19-22-42(33)51)24-40-45(52)38-25-29-10-1-2-11-30(29)26-39(38)46(40)53/h1-17,19-20,22-26H,18,21H2. The van der Waals surface area contributed by atoms with Gasteiger partial charge in [-0.25, -0.2) is 0 Å². The molecular formula is C47H28F3NO2. The first kappa shape index (κ1) is 31.2. The molecule has 0 amide bonds. The van der Waals surface area contributed by atoms with Crippen molar-refractivity contribution >= 4 is 77.8 Å². The fourth-order valence-corrected chi connectivity index (χ4v) is 8.49. The number of carbonyl (C=O) groups is 2. The maximum atomic E-state index is 14.8. The van der Waals surface area contributed by atoms with Crippen molar-refractivity contribution in [2.24, 2.45) is 0 Å². The average molecular weight is 696 g/mol. The van der Waals surface area contributed by atoms with Crippen LogP contribution in [0.1, 0.15) is 43.0 Å². The Labute approximate surface area is 302 Å². The summed E-state index contributed by atoms with van der Waals surface area (Å²) < 4.78 is 44.4. The largest absolute Gasteiger partial charge is 0.417 e. The Bertz CT molecular complexity index is 2830. The van der Waals surface area contributed by atoms with Crippen LogP contribution < -0.4 is 4.90 Å². The van der Waals surface area contributed by atoms with Crippen molar-refractivity contribution in [2.45, 2.75) is 19.0 Å². The summed E-state index contributed by atoms with van der Waals surface area (Å²) in [6, 6.07) is 43.0. The van der Waals surface area contributed by atoms with Gasteiger partial charge in [-0.2, -0.15) is 13.2 Å². The topological polar surface area (TPSA) is 37.4 Å². The number of benzene rings is 8. The Morgan fingerprint density at radius 2 is 1.11 bits per heavy atom. The molecule has 1 aliphatic heterocycles. The van der Waals surface area contributed by atoms with E-state index < -0.39 is 11.7 Å². The van der Waals surface area contributed by atoms with Gasteiger partial charge in [0.15, 0.2) is 11.6 Å². The lowest BCUT2D eigenvalue weighted by Gasteiger charge is -2.31. The van der Waals surface area contributed by atoms with Crippen molar-refractivity contribution < 1.29 is 22.8 Å². The molecule has 53 heavy (non-hydrogen) atoms. The molecule has 8 aromatic carbocycles. The molecule has 0 spiro atoms. The Morgan fingerprint density at radius 1 is 0.528 bits per heavy atom. The molecule has 1 aliphatic carbocycles. The smallest absolute Gasteiger partial charge is 0.309 e. The van der Waals surface area contributed by atoms with Gasteiger partial charge in [-0.05, 0) is 98.3 Å². The van der Waals surface area contributed by atoms with Crippen LogP contribution in [0.5, 0.6) is 0 Å². The number of aryl methyl sites for hydroxylation is 2. The fraction of sp³-hybridized carbons (Fsp3) is 0.0638. The Balaban J connectivity index is 1.16. The molecule has 6 heteroatoms. The van der Waals surface area contributed by atoms with Gasteiger partial charge in [0.1, 0.15) is 0 Å². The molecule has 0 saturated carbocycles. The lowest BCUT2D eigenvalue weighted by molar-refractivity contribution is -0.135. The van der Waals surface area contributed by atoms with Gasteiger partial charge in [0.2, 0.25) is 0 Å². The highest BCUT2D eigenvalue weighted by atomic mass is 19.4. The van der Waals surface area contributed by atoms with Crippen LogP contribution in [-0.4, -0.2) is 11.6 Å². The predicted octanol–water partition coefficient (Wildman–Crippen LogP) is 12.3. The summed E-state index contributed by atoms with van der Waals surface area (Å²) in [5.41, 5.74) is 5.78. The van der Waals surface area contributed by atoms with Gasteiger partial charge >= 0.3 is 6.18 Å². The molecule has 0 aromatic heterocycles. The van der Waals surface area contributed by atoms with Gasteiger partial charge in [-0.15, -0.1) is 0 Å². The first-order chi connectivity index (χ1) is 25.8. The SMILES string of the molecule is O=C1C(=Cc2ccc3c4c(ccc3c2)N(c2c3ccccc3c(C(F)(F)F)c3ccccc23)c2ccccc2CC4)C(=O)c2cc3ccccc3cc21. The number of anilines is 3. The van der Waals surface area contributed by atoms with E-state index in [4.69, 9.17) is 0 Å². The third-order valence-corrected chi connectivity index (χ3v) is 10.8. The molecule has 254 valence electrons. The minimum atomic E-state index is -4.56. The maximum absolute atomic E-state index is 14.8. The summed E-state index contributed by atoms with van der Waals surface area (Å²) in [5, 5.41) is 5.10. The van der Waals surface area contributed by atoms with E-state index in [-0.39, 0.29) is 27.9 Å². The number of hydrogen-bond donors (Lipinski definition) is 0. The zero-order chi connectivity index (χ0) is 36.0. The number of ketones is 2. The zero-order valence-corrected chi connectivity index (χ0v) is 28.2. The molecule has 2 aliphatic rings. The van der Waals surface area contributed by atoms with E-state index in [2.05, 4.69) is 11.0 Å². The first-order valence-corrected chi connectivity index (χ1v) is 17.5. The fourth-order valence-electron chi connectivity index (χ4n) is 8.49. The van der Waals surface area contributed by atoms with Crippen LogP contribution in [-0.2, 0) is 19.0 Å². The highest BCUT2D eigenvalue weighted by Crippen LogP contribution is 2.52. The highest BCUT2D eigenvalue weighted by molar-refractivity contribution is 6.42. The van der Waals surface area contributed by atoms with E-state index in [9.17, 15) is 22.8 Å². The predicted molar refractivity (Wildman–Crippen MR) is 207 cm³/mol. The number of fused-ring (bicyclic) bond motifs is 8. The number of allylic oxidation sites excluding steroid dienone is 1. The van der Waals surface area contributed by atoms with Crippen LogP contribution in [0.2, 0.25) is 0 Å². The van der Waals surface area contributed by atoms with Gasteiger partial charge < -0.3 is 4.90 Å². The quantitative estimate of drug-likeness (QED) is 0.103. The molecule has 10 rings (SSSR count). The van der Waals surface area contributed by atoms with Crippen LogP contribution in [0.3, 0.4) is 0 Å². The molecule has 8 aromatic rings. The van der Waals surface area contributed by atoms with Gasteiger partial charge in [-0.1, -0.05) is 109 Å². The molecule has 0 fully saturated rings. The lowest BCUT2D eigenvalue weighted by atomic mass is 9.92. The van der Waals surface area contributed by atoms with Gasteiger partial charge in [0, 0.05) is 27.6 Å². The number of alkyl halides is 3. The van der Waals surface area contributed by atoms with E-state index >= 15 is 0 Å². The van der Waals surface area contributed by atoms with Crippen LogP contribution in [0.15, 0.2) is 145 Å². The number of carbonyl (C=O) groups excluding carboxylic acids is 2. The van der Waals surface area contributed by atoms with Crippen LogP contribution in [0, 0.1) is 0 Å². The van der Waals surface area contributed by atoms with Crippen LogP contribution >= 0.6 is 0 Å². The number of para-hydroxylation sites is 1. The molecule has 0 radical (unpaired) electrons. The Hall–Kier alpha value is -6.53. The molecule has 0 N–H and O–H groups in total. The second kappa shape index (κ2) is 11.5. The van der Waals surface area contributed by atoms with Crippen molar-refractivity contribution in [3.8, 4) is 0 Å². The second-order valence-electron chi connectivity index (χ2n) is 13.8. The Morgan fingerprint density at radius 3 is 1.75 bits per heavy atom.